The van der Waals surface area contributed by atoms with E-state index in [1.54, 1.807) is 24.4 Å². The van der Waals surface area contributed by atoms with E-state index in [4.69, 9.17) is 4.42 Å². The van der Waals surface area contributed by atoms with Gasteiger partial charge in [-0.2, -0.15) is 0 Å². The van der Waals surface area contributed by atoms with Crippen molar-refractivity contribution in [1.29, 1.82) is 0 Å². The first-order valence-electron chi connectivity index (χ1n) is 6.88. The number of benzene rings is 1. The summed E-state index contributed by atoms with van der Waals surface area (Å²) in [5.74, 6) is 0.837. The Morgan fingerprint density at radius 3 is 3.10 bits per heavy atom. The van der Waals surface area contributed by atoms with Crippen LogP contribution < -0.4 is 5.32 Å². The largest absolute Gasteiger partial charge is 0.439 e. The van der Waals surface area contributed by atoms with E-state index < -0.39 is 0 Å². The Kier molecular flexibility index (Phi) is 3.80. The topological polar surface area (TPSA) is 41.3 Å². The second-order valence-corrected chi connectivity index (χ2v) is 5.12. The van der Waals surface area contributed by atoms with Gasteiger partial charge in [0.25, 0.3) is 0 Å². The van der Waals surface area contributed by atoms with Crippen molar-refractivity contribution in [3.05, 3.63) is 42.2 Å². The Balaban J connectivity index is 1.75. The minimum absolute atomic E-state index is 0.286. The van der Waals surface area contributed by atoms with Crippen molar-refractivity contribution in [1.82, 2.24) is 15.2 Å². The molecular formula is C15H18FN3O. The Morgan fingerprint density at radius 1 is 1.45 bits per heavy atom. The van der Waals surface area contributed by atoms with Gasteiger partial charge in [-0.3, -0.25) is 4.90 Å². The number of hydrogen-bond donors (Lipinski definition) is 1. The van der Waals surface area contributed by atoms with Crippen molar-refractivity contribution in [3.63, 3.8) is 0 Å². The van der Waals surface area contributed by atoms with Crippen molar-refractivity contribution in [2.24, 2.45) is 0 Å². The van der Waals surface area contributed by atoms with Crippen LogP contribution in [0.2, 0.25) is 0 Å². The molecule has 0 spiro atoms. The molecule has 1 aliphatic rings. The minimum Gasteiger partial charge on any atom is -0.439 e. The number of aromatic nitrogens is 1. The zero-order valence-electron chi connectivity index (χ0n) is 11.5. The van der Waals surface area contributed by atoms with Gasteiger partial charge in [-0.05, 0) is 19.1 Å². The molecule has 0 amide bonds. The molecule has 0 saturated carbocycles. The van der Waals surface area contributed by atoms with Crippen LogP contribution in [0.4, 0.5) is 4.39 Å². The van der Waals surface area contributed by atoms with Crippen molar-refractivity contribution in [2.45, 2.75) is 19.5 Å². The third kappa shape index (κ3) is 2.73. The van der Waals surface area contributed by atoms with E-state index >= 15 is 0 Å². The Hall–Kier alpha value is -1.72. The van der Waals surface area contributed by atoms with Crippen molar-refractivity contribution < 1.29 is 8.81 Å². The lowest BCUT2D eigenvalue weighted by Gasteiger charge is -2.32. The average molecular weight is 275 g/mol. The highest BCUT2D eigenvalue weighted by Gasteiger charge is 2.20. The molecule has 1 aliphatic heterocycles. The lowest BCUT2D eigenvalue weighted by molar-refractivity contribution is 0.151. The highest BCUT2D eigenvalue weighted by Crippen LogP contribution is 2.24. The van der Waals surface area contributed by atoms with Crippen LogP contribution in [0.5, 0.6) is 0 Å². The van der Waals surface area contributed by atoms with E-state index in [0.717, 1.165) is 19.6 Å². The summed E-state index contributed by atoms with van der Waals surface area (Å²) in [6, 6.07) is 7.04. The molecule has 106 valence electrons. The smallest absolute Gasteiger partial charge is 0.209 e. The molecule has 2 heterocycles. The zero-order chi connectivity index (χ0) is 13.9. The monoisotopic (exact) mass is 275 g/mol. The van der Waals surface area contributed by atoms with Gasteiger partial charge in [-0.25, -0.2) is 9.37 Å². The van der Waals surface area contributed by atoms with Gasteiger partial charge in [0, 0.05) is 25.7 Å². The first-order chi connectivity index (χ1) is 9.74. The van der Waals surface area contributed by atoms with Crippen LogP contribution in [0.3, 0.4) is 0 Å². The lowest BCUT2D eigenvalue weighted by atomic mass is 10.2. The van der Waals surface area contributed by atoms with Gasteiger partial charge in [0.2, 0.25) is 5.89 Å². The fourth-order valence-electron chi connectivity index (χ4n) is 2.46. The predicted molar refractivity (Wildman–Crippen MR) is 74.6 cm³/mol. The molecule has 1 aromatic heterocycles. The summed E-state index contributed by atoms with van der Waals surface area (Å²) >= 11 is 0. The number of nitrogens with one attached hydrogen (secondary N) is 1. The second kappa shape index (κ2) is 5.73. The Labute approximate surface area is 117 Å². The van der Waals surface area contributed by atoms with Gasteiger partial charge >= 0.3 is 0 Å². The SMILES string of the molecule is C[C@H]1CNCCN1Cc1ncc(-c2ccccc2F)o1. The van der Waals surface area contributed by atoms with E-state index in [9.17, 15) is 4.39 Å². The van der Waals surface area contributed by atoms with Gasteiger partial charge in [0.15, 0.2) is 5.76 Å². The van der Waals surface area contributed by atoms with Gasteiger partial charge in [0.05, 0.1) is 18.3 Å². The zero-order valence-corrected chi connectivity index (χ0v) is 11.5. The highest BCUT2D eigenvalue weighted by molar-refractivity contribution is 5.56. The van der Waals surface area contributed by atoms with Crippen molar-refractivity contribution in [2.75, 3.05) is 19.6 Å². The maximum atomic E-state index is 13.7. The molecular weight excluding hydrogens is 257 g/mol. The Morgan fingerprint density at radius 2 is 2.30 bits per heavy atom. The summed E-state index contributed by atoms with van der Waals surface area (Å²) in [4.78, 5) is 6.58. The molecule has 0 unspecified atom stereocenters. The van der Waals surface area contributed by atoms with Gasteiger partial charge in [-0.15, -0.1) is 0 Å². The number of oxazole rings is 1. The van der Waals surface area contributed by atoms with Crippen LogP contribution in [0.25, 0.3) is 11.3 Å². The molecule has 1 N–H and O–H groups in total. The van der Waals surface area contributed by atoms with Gasteiger partial charge in [0.1, 0.15) is 5.82 Å². The molecule has 1 saturated heterocycles. The molecule has 0 radical (unpaired) electrons. The number of halogens is 1. The molecule has 4 nitrogen and oxygen atoms in total. The summed E-state index contributed by atoms with van der Waals surface area (Å²) in [7, 11) is 0. The van der Waals surface area contributed by atoms with Crippen LogP contribution in [-0.2, 0) is 6.54 Å². The fourth-order valence-corrected chi connectivity index (χ4v) is 2.46. The lowest BCUT2D eigenvalue weighted by Crippen LogP contribution is -2.49. The third-order valence-electron chi connectivity index (χ3n) is 3.67. The molecule has 5 heteroatoms. The van der Waals surface area contributed by atoms with Crippen molar-refractivity contribution >= 4 is 0 Å². The quantitative estimate of drug-likeness (QED) is 0.933. The second-order valence-electron chi connectivity index (χ2n) is 5.12. The molecule has 0 aliphatic carbocycles. The van der Waals surface area contributed by atoms with Crippen LogP contribution in [0, 0.1) is 5.82 Å². The van der Waals surface area contributed by atoms with E-state index in [0.29, 0.717) is 29.8 Å². The standard InChI is InChI=1S/C15H18FN3O/c1-11-8-17-6-7-19(11)10-15-18-9-14(20-15)12-4-2-3-5-13(12)16/h2-5,9,11,17H,6-8,10H2,1H3/t11-/m0/s1. The molecule has 0 bridgehead atoms. The van der Waals surface area contributed by atoms with E-state index in [1.165, 1.54) is 6.07 Å². The summed E-state index contributed by atoms with van der Waals surface area (Å²) in [5.41, 5.74) is 0.458. The van der Waals surface area contributed by atoms with Crippen LogP contribution >= 0.6 is 0 Å². The highest BCUT2D eigenvalue weighted by atomic mass is 19.1. The first kappa shape index (κ1) is 13.3. The molecule has 1 aromatic carbocycles. The number of piperazine rings is 1. The molecule has 3 rings (SSSR count). The summed E-state index contributed by atoms with van der Waals surface area (Å²) < 4.78 is 19.4. The number of nitrogens with zero attached hydrogens (tertiary/aromatic N) is 2. The van der Waals surface area contributed by atoms with E-state index in [1.807, 2.05) is 0 Å². The first-order valence-corrected chi connectivity index (χ1v) is 6.88. The minimum atomic E-state index is -0.286. The maximum absolute atomic E-state index is 13.7. The van der Waals surface area contributed by atoms with Gasteiger partial charge in [-0.1, -0.05) is 12.1 Å². The van der Waals surface area contributed by atoms with E-state index in [-0.39, 0.29) is 5.82 Å². The van der Waals surface area contributed by atoms with Gasteiger partial charge < -0.3 is 9.73 Å². The molecule has 1 fully saturated rings. The van der Waals surface area contributed by atoms with Crippen molar-refractivity contribution in [3.8, 4) is 11.3 Å². The number of hydrogen-bond acceptors (Lipinski definition) is 4. The Bertz CT molecular complexity index is 584. The molecule has 2 aromatic rings. The van der Waals surface area contributed by atoms with Crippen LogP contribution in [0.15, 0.2) is 34.9 Å². The summed E-state index contributed by atoms with van der Waals surface area (Å²) in [6.45, 7) is 5.76. The molecule has 1 atom stereocenters. The van der Waals surface area contributed by atoms with Crippen LogP contribution in [0.1, 0.15) is 12.8 Å². The third-order valence-corrected chi connectivity index (χ3v) is 3.67. The fraction of sp³-hybridized carbons (Fsp3) is 0.400. The summed E-state index contributed by atoms with van der Waals surface area (Å²) in [6.07, 6.45) is 1.60. The average Bonchev–Trinajstić information content (AvgIpc) is 2.90. The normalized spacial score (nSPS) is 20.2. The van der Waals surface area contributed by atoms with Crippen LogP contribution in [-0.4, -0.2) is 35.6 Å². The van der Waals surface area contributed by atoms with E-state index in [2.05, 4.69) is 22.1 Å². The predicted octanol–water partition coefficient (Wildman–Crippen LogP) is 2.27. The molecule has 20 heavy (non-hydrogen) atoms. The number of rotatable bonds is 3. The summed E-state index contributed by atoms with van der Waals surface area (Å²) in [5, 5.41) is 3.35. The maximum Gasteiger partial charge on any atom is 0.209 e.